The van der Waals surface area contributed by atoms with E-state index in [4.69, 9.17) is 0 Å². The molecule has 1 heterocycles. The number of benzene rings is 2. The Morgan fingerprint density at radius 1 is 1.18 bits per heavy atom. The Balaban J connectivity index is 1.90. The Bertz CT molecular complexity index is 1050. The van der Waals surface area contributed by atoms with Crippen molar-refractivity contribution >= 4 is 43.2 Å². The predicted molar refractivity (Wildman–Crippen MR) is 108 cm³/mol. The molecule has 1 saturated heterocycles. The molecular formula is C18H18BrN3O5S. The standard InChI is InChI=1S/C18H18BrN3O5S/c1-12-4-5-13(10-17(12)22(24)25)20-18(23)15-11-14(6-7-16(15)19)28(26,27)21-8-2-3-9-21/h4-7,10-11H,2-3,8-9H2,1H3,(H,20,23). The van der Waals surface area contributed by atoms with Crippen molar-refractivity contribution in [2.24, 2.45) is 0 Å². The van der Waals surface area contributed by atoms with Gasteiger partial charge in [0.05, 0.1) is 15.4 Å². The number of sulfonamides is 1. The van der Waals surface area contributed by atoms with E-state index in [0.29, 0.717) is 23.1 Å². The van der Waals surface area contributed by atoms with Crippen LogP contribution in [0.25, 0.3) is 0 Å². The van der Waals surface area contributed by atoms with Crippen LogP contribution in [-0.2, 0) is 10.0 Å². The molecular weight excluding hydrogens is 450 g/mol. The number of nitro benzene ring substituents is 1. The first-order valence-corrected chi connectivity index (χ1v) is 10.8. The fourth-order valence-corrected chi connectivity index (χ4v) is 4.97. The summed E-state index contributed by atoms with van der Waals surface area (Å²) in [5, 5.41) is 13.7. The van der Waals surface area contributed by atoms with E-state index in [1.54, 1.807) is 13.0 Å². The van der Waals surface area contributed by atoms with E-state index in [1.165, 1.54) is 34.6 Å². The van der Waals surface area contributed by atoms with Gasteiger partial charge < -0.3 is 5.32 Å². The Hall–Kier alpha value is -2.30. The van der Waals surface area contributed by atoms with Crippen LogP contribution in [0.2, 0.25) is 0 Å². The van der Waals surface area contributed by atoms with Crippen LogP contribution in [0.1, 0.15) is 28.8 Å². The Morgan fingerprint density at radius 2 is 1.86 bits per heavy atom. The van der Waals surface area contributed by atoms with Crippen molar-refractivity contribution < 1.29 is 18.1 Å². The molecule has 3 rings (SSSR count). The van der Waals surface area contributed by atoms with Crippen LogP contribution in [0, 0.1) is 17.0 Å². The number of rotatable bonds is 5. The number of halogens is 1. The predicted octanol–water partition coefficient (Wildman–Crippen LogP) is 3.70. The number of nitrogens with zero attached hydrogens (tertiary/aromatic N) is 2. The summed E-state index contributed by atoms with van der Waals surface area (Å²) in [4.78, 5) is 23.3. The molecule has 148 valence electrons. The Kier molecular flexibility index (Phi) is 5.82. The normalized spacial score (nSPS) is 14.8. The van der Waals surface area contributed by atoms with Crippen LogP contribution in [0.15, 0.2) is 45.8 Å². The van der Waals surface area contributed by atoms with Gasteiger partial charge in [-0.25, -0.2) is 8.42 Å². The molecule has 2 aromatic carbocycles. The lowest BCUT2D eigenvalue weighted by Gasteiger charge is -2.16. The number of nitro groups is 1. The highest BCUT2D eigenvalue weighted by molar-refractivity contribution is 9.10. The zero-order valence-corrected chi connectivity index (χ0v) is 17.4. The number of hydrogen-bond acceptors (Lipinski definition) is 5. The van der Waals surface area contributed by atoms with Crippen molar-refractivity contribution in [1.82, 2.24) is 4.31 Å². The number of anilines is 1. The molecule has 0 aliphatic carbocycles. The number of aryl methyl sites for hydroxylation is 1. The molecule has 8 nitrogen and oxygen atoms in total. The largest absolute Gasteiger partial charge is 0.322 e. The summed E-state index contributed by atoms with van der Waals surface area (Å²) >= 11 is 3.27. The smallest absolute Gasteiger partial charge is 0.274 e. The third-order valence-electron chi connectivity index (χ3n) is 4.55. The molecule has 0 atom stereocenters. The molecule has 2 aromatic rings. The maximum absolute atomic E-state index is 12.7. The van der Waals surface area contributed by atoms with Crippen LogP contribution < -0.4 is 5.32 Å². The average molecular weight is 468 g/mol. The minimum absolute atomic E-state index is 0.0395. The minimum atomic E-state index is -3.66. The lowest BCUT2D eigenvalue weighted by Crippen LogP contribution is -2.28. The molecule has 0 aromatic heterocycles. The second-order valence-corrected chi connectivity index (χ2v) is 9.26. The third-order valence-corrected chi connectivity index (χ3v) is 7.14. The molecule has 1 amide bonds. The second kappa shape index (κ2) is 7.98. The molecule has 0 bridgehead atoms. The molecule has 1 aliphatic rings. The van der Waals surface area contributed by atoms with Gasteiger partial charge in [0.25, 0.3) is 11.6 Å². The van der Waals surface area contributed by atoms with Crippen molar-refractivity contribution in [3.63, 3.8) is 0 Å². The molecule has 1 N–H and O–H groups in total. The number of carbonyl (C=O) groups is 1. The van der Waals surface area contributed by atoms with Crippen LogP contribution in [0.5, 0.6) is 0 Å². The zero-order valence-electron chi connectivity index (χ0n) is 15.0. The van der Waals surface area contributed by atoms with E-state index in [9.17, 15) is 23.3 Å². The fraction of sp³-hybridized carbons (Fsp3) is 0.278. The van der Waals surface area contributed by atoms with Crippen molar-refractivity contribution in [3.05, 3.63) is 62.1 Å². The Labute approximate surface area is 170 Å². The van der Waals surface area contributed by atoms with E-state index in [0.717, 1.165) is 12.8 Å². The van der Waals surface area contributed by atoms with E-state index in [-0.39, 0.29) is 21.8 Å². The second-order valence-electron chi connectivity index (χ2n) is 6.47. The first-order valence-electron chi connectivity index (χ1n) is 8.56. The summed E-state index contributed by atoms with van der Waals surface area (Å²) in [6.07, 6.45) is 1.63. The van der Waals surface area contributed by atoms with Gasteiger partial charge in [-0.15, -0.1) is 0 Å². The van der Waals surface area contributed by atoms with E-state index in [2.05, 4.69) is 21.2 Å². The first kappa shape index (κ1) is 20.4. The highest BCUT2D eigenvalue weighted by atomic mass is 79.9. The highest BCUT2D eigenvalue weighted by Gasteiger charge is 2.28. The lowest BCUT2D eigenvalue weighted by atomic mass is 10.1. The fourth-order valence-electron chi connectivity index (χ4n) is 3.00. The van der Waals surface area contributed by atoms with Crippen molar-refractivity contribution in [2.75, 3.05) is 18.4 Å². The van der Waals surface area contributed by atoms with Crippen LogP contribution in [-0.4, -0.2) is 36.6 Å². The number of carbonyl (C=O) groups excluding carboxylic acids is 1. The van der Waals surface area contributed by atoms with Gasteiger partial charge in [0.1, 0.15) is 0 Å². The summed E-state index contributed by atoms with van der Waals surface area (Å²) in [5.41, 5.74) is 0.746. The van der Waals surface area contributed by atoms with Gasteiger partial charge in [-0.05, 0) is 60.0 Å². The van der Waals surface area contributed by atoms with Gasteiger partial charge in [0, 0.05) is 34.9 Å². The van der Waals surface area contributed by atoms with E-state index in [1.807, 2.05) is 0 Å². The number of hydrogen-bond donors (Lipinski definition) is 1. The SMILES string of the molecule is Cc1ccc(NC(=O)c2cc(S(=O)(=O)N3CCCC3)ccc2Br)cc1[N+](=O)[O-]. The van der Waals surface area contributed by atoms with Gasteiger partial charge in [-0.2, -0.15) is 4.31 Å². The van der Waals surface area contributed by atoms with Crippen molar-refractivity contribution in [2.45, 2.75) is 24.7 Å². The minimum Gasteiger partial charge on any atom is -0.322 e. The van der Waals surface area contributed by atoms with Crippen LogP contribution in [0.4, 0.5) is 11.4 Å². The number of nitrogens with one attached hydrogen (secondary N) is 1. The summed E-state index contributed by atoms with van der Waals surface area (Å²) in [7, 11) is -3.66. The van der Waals surface area contributed by atoms with Crippen molar-refractivity contribution in [1.29, 1.82) is 0 Å². The maximum Gasteiger partial charge on any atom is 0.274 e. The summed E-state index contributed by atoms with van der Waals surface area (Å²) in [5.74, 6) is -0.566. The molecule has 1 aliphatic heterocycles. The molecule has 0 spiro atoms. The third kappa shape index (κ3) is 4.08. The van der Waals surface area contributed by atoms with Crippen molar-refractivity contribution in [3.8, 4) is 0 Å². The lowest BCUT2D eigenvalue weighted by molar-refractivity contribution is -0.385. The average Bonchev–Trinajstić information content (AvgIpc) is 3.18. The highest BCUT2D eigenvalue weighted by Crippen LogP contribution is 2.27. The maximum atomic E-state index is 12.7. The quantitative estimate of drug-likeness (QED) is 0.532. The van der Waals surface area contributed by atoms with E-state index >= 15 is 0 Å². The van der Waals surface area contributed by atoms with Gasteiger partial charge in [-0.1, -0.05) is 6.07 Å². The topological polar surface area (TPSA) is 110 Å². The zero-order chi connectivity index (χ0) is 20.5. The Morgan fingerprint density at radius 3 is 2.50 bits per heavy atom. The van der Waals surface area contributed by atoms with Crippen LogP contribution in [0.3, 0.4) is 0 Å². The molecule has 28 heavy (non-hydrogen) atoms. The molecule has 10 heteroatoms. The number of amides is 1. The van der Waals surface area contributed by atoms with Gasteiger partial charge in [0.15, 0.2) is 0 Å². The molecule has 0 unspecified atom stereocenters. The summed E-state index contributed by atoms with van der Waals surface area (Å²) in [6.45, 7) is 2.53. The molecule has 0 radical (unpaired) electrons. The molecule has 1 fully saturated rings. The first-order chi connectivity index (χ1) is 13.2. The summed E-state index contributed by atoms with van der Waals surface area (Å²) in [6, 6.07) is 8.64. The summed E-state index contributed by atoms with van der Waals surface area (Å²) < 4.78 is 27.3. The van der Waals surface area contributed by atoms with Gasteiger partial charge in [-0.3, -0.25) is 14.9 Å². The van der Waals surface area contributed by atoms with Crippen LogP contribution >= 0.6 is 15.9 Å². The van der Waals surface area contributed by atoms with Gasteiger partial charge >= 0.3 is 0 Å². The van der Waals surface area contributed by atoms with E-state index < -0.39 is 20.9 Å². The van der Waals surface area contributed by atoms with Gasteiger partial charge in [0.2, 0.25) is 10.0 Å². The molecule has 0 saturated carbocycles. The monoisotopic (exact) mass is 467 g/mol.